The molecule has 0 heterocycles. The van der Waals surface area contributed by atoms with Crippen LogP contribution in [0.3, 0.4) is 0 Å². The third-order valence-corrected chi connectivity index (χ3v) is 4.00. The first-order valence-electron chi connectivity index (χ1n) is 8.16. The molecule has 27 heavy (non-hydrogen) atoms. The standard InChI is InChI=1S/C21H16BrNO4/c22-16-6-4-5-15(13-16)21(25)26-14-20(24)23-17-9-11-19(12-10-17)27-18-7-2-1-3-8-18/h1-13H,14H2,(H,23,24). The molecule has 1 N–H and O–H groups in total. The Bertz CT molecular complexity index is 926. The van der Waals surface area contributed by atoms with Crippen molar-refractivity contribution in [3.8, 4) is 11.5 Å². The molecular formula is C21H16BrNO4. The van der Waals surface area contributed by atoms with Gasteiger partial charge in [-0.1, -0.05) is 40.2 Å². The van der Waals surface area contributed by atoms with Gasteiger partial charge >= 0.3 is 5.97 Å². The van der Waals surface area contributed by atoms with Crippen LogP contribution in [0.1, 0.15) is 10.4 Å². The highest BCUT2D eigenvalue weighted by Crippen LogP contribution is 2.22. The average molecular weight is 426 g/mol. The van der Waals surface area contributed by atoms with Gasteiger partial charge in [-0.25, -0.2) is 4.79 Å². The van der Waals surface area contributed by atoms with Crippen LogP contribution < -0.4 is 10.1 Å². The fourth-order valence-electron chi connectivity index (χ4n) is 2.26. The summed E-state index contributed by atoms with van der Waals surface area (Å²) in [5.74, 6) is 0.405. The summed E-state index contributed by atoms with van der Waals surface area (Å²) in [5.41, 5.74) is 0.957. The number of hydrogen-bond acceptors (Lipinski definition) is 4. The lowest BCUT2D eigenvalue weighted by Crippen LogP contribution is -2.20. The van der Waals surface area contributed by atoms with Crippen molar-refractivity contribution in [2.75, 3.05) is 11.9 Å². The number of amides is 1. The maximum absolute atomic E-state index is 12.0. The first-order chi connectivity index (χ1) is 13.1. The predicted molar refractivity (Wildman–Crippen MR) is 106 cm³/mol. The lowest BCUT2D eigenvalue weighted by atomic mass is 10.2. The Morgan fingerprint density at radius 2 is 1.56 bits per heavy atom. The minimum absolute atomic E-state index is 0.367. The van der Waals surface area contributed by atoms with Crippen molar-refractivity contribution in [2.24, 2.45) is 0 Å². The fourth-order valence-corrected chi connectivity index (χ4v) is 2.66. The number of carbonyl (C=O) groups is 2. The number of benzene rings is 3. The zero-order valence-electron chi connectivity index (χ0n) is 14.2. The van der Waals surface area contributed by atoms with E-state index in [1.165, 1.54) is 0 Å². The maximum atomic E-state index is 12.0. The molecule has 3 aromatic carbocycles. The van der Waals surface area contributed by atoms with E-state index in [-0.39, 0.29) is 6.61 Å². The quantitative estimate of drug-likeness (QED) is 0.562. The normalized spacial score (nSPS) is 10.1. The smallest absolute Gasteiger partial charge is 0.338 e. The highest BCUT2D eigenvalue weighted by molar-refractivity contribution is 9.10. The number of halogens is 1. The van der Waals surface area contributed by atoms with Crippen LogP contribution in [0.4, 0.5) is 5.69 Å². The second-order valence-corrected chi connectivity index (χ2v) is 6.49. The lowest BCUT2D eigenvalue weighted by Gasteiger charge is -2.09. The van der Waals surface area contributed by atoms with Crippen LogP contribution in [0, 0.1) is 0 Å². The van der Waals surface area contributed by atoms with Gasteiger partial charge in [0.05, 0.1) is 5.56 Å². The van der Waals surface area contributed by atoms with Gasteiger partial charge in [-0.2, -0.15) is 0 Å². The lowest BCUT2D eigenvalue weighted by molar-refractivity contribution is -0.119. The van der Waals surface area contributed by atoms with E-state index in [9.17, 15) is 9.59 Å². The molecule has 5 nitrogen and oxygen atoms in total. The van der Waals surface area contributed by atoms with Crippen LogP contribution in [0.15, 0.2) is 83.3 Å². The van der Waals surface area contributed by atoms with Crippen LogP contribution in [-0.2, 0) is 9.53 Å². The van der Waals surface area contributed by atoms with Crippen molar-refractivity contribution in [2.45, 2.75) is 0 Å². The number of nitrogens with one attached hydrogen (secondary N) is 1. The third kappa shape index (κ3) is 5.69. The van der Waals surface area contributed by atoms with Crippen LogP contribution in [0.5, 0.6) is 11.5 Å². The number of esters is 1. The van der Waals surface area contributed by atoms with Crippen molar-refractivity contribution >= 4 is 33.5 Å². The van der Waals surface area contributed by atoms with Gasteiger partial charge in [0, 0.05) is 10.2 Å². The van der Waals surface area contributed by atoms with E-state index >= 15 is 0 Å². The van der Waals surface area contributed by atoms with Gasteiger partial charge in [0.2, 0.25) is 0 Å². The van der Waals surface area contributed by atoms with Crippen LogP contribution in [-0.4, -0.2) is 18.5 Å². The Morgan fingerprint density at radius 1 is 0.852 bits per heavy atom. The van der Waals surface area contributed by atoms with Gasteiger partial charge in [0.25, 0.3) is 5.91 Å². The molecule has 0 fully saturated rings. The first kappa shape index (κ1) is 18.7. The van der Waals surface area contributed by atoms with E-state index in [4.69, 9.17) is 9.47 Å². The Hall–Kier alpha value is -3.12. The van der Waals surface area contributed by atoms with Crippen LogP contribution in [0.2, 0.25) is 0 Å². The van der Waals surface area contributed by atoms with Gasteiger partial charge in [-0.15, -0.1) is 0 Å². The number of hydrogen-bond donors (Lipinski definition) is 1. The molecule has 0 aliphatic heterocycles. The van der Waals surface area contributed by atoms with Crippen LogP contribution >= 0.6 is 15.9 Å². The summed E-state index contributed by atoms with van der Waals surface area (Å²) in [7, 11) is 0. The SMILES string of the molecule is O=C(COC(=O)c1cccc(Br)c1)Nc1ccc(Oc2ccccc2)cc1. The molecule has 3 rings (SSSR count). The molecule has 136 valence electrons. The second-order valence-electron chi connectivity index (χ2n) is 5.57. The van der Waals surface area contributed by atoms with Gasteiger partial charge in [-0.05, 0) is 54.6 Å². The van der Waals surface area contributed by atoms with Crippen molar-refractivity contribution in [1.82, 2.24) is 0 Å². The molecule has 0 bridgehead atoms. The largest absolute Gasteiger partial charge is 0.457 e. The van der Waals surface area contributed by atoms with E-state index in [0.29, 0.717) is 17.0 Å². The van der Waals surface area contributed by atoms with Crippen molar-refractivity contribution in [3.63, 3.8) is 0 Å². The topological polar surface area (TPSA) is 64.6 Å². The number of rotatable bonds is 6. The molecule has 3 aromatic rings. The van der Waals surface area contributed by atoms with Crippen LogP contribution in [0.25, 0.3) is 0 Å². The van der Waals surface area contributed by atoms with Crippen molar-refractivity contribution in [1.29, 1.82) is 0 Å². The molecule has 0 radical (unpaired) electrons. The summed E-state index contributed by atoms with van der Waals surface area (Å²) >= 11 is 3.28. The molecule has 0 saturated carbocycles. The summed E-state index contributed by atoms with van der Waals surface area (Å²) in [6.07, 6.45) is 0. The van der Waals surface area contributed by atoms with E-state index < -0.39 is 11.9 Å². The van der Waals surface area contributed by atoms with Crippen molar-refractivity contribution < 1.29 is 19.1 Å². The molecule has 0 aliphatic rings. The molecule has 0 saturated heterocycles. The maximum Gasteiger partial charge on any atom is 0.338 e. The zero-order valence-corrected chi connectivity index (χ0v) is 15.8. The van der Waals surface area contributed by atoms with Gasteiger partial charge < -0.3 is 14.8 Å². The number of ether oxygens (including phenoxy) is 2. The Morgan fingerprint density at radius 3 is 2.26 bits per heavy atom. The van der Waals surface area contributed by atoms with Gasteiger partial charge in [-0.3, -0.25) is 4.79 Å². The predicted octanol–water partition coefficient (Wildman–Crippen LogP) is 5.04. The summed E-state index contributed by atoms with van der Waals surface area (Å²) in [6.45, 7) is -0.367. The number of carbonyl (C=O) groups excluding carboxylic acids is 2. The molecule has 0 aromatic heterocycles. The molecule has 0 spiro atoms. The highest BCUT2D eigenvalue weighted by atomic mass is 79.9. The van der Waals surface area contributed by atoms with E-state index in [0.717, 1.165) is 10.2 Å². The summed E-state index contributed by atoms with van der Waals surface area (Å²) in [6, 6.07) is 23.1. The minimum atomic E-state index is -0.557. The van der Waals surface area contributed by atoms with Gasteiger partial charge in [0.15, 0.2) is 6.61 Å². The third-order valence-electron chi connectivity index (χ3n) is 3.51. The Labute approximate surface area is 165 Å². The molecule has 0 atom stereocenters. The average Bonchev–Trinajstić information content (AvgIpc) is 2.68. The molecule has 1 amide bonds. The number of anilines is 1. The first-order valence-corrected chi connectivity index (χ1v) is 8.95. The summed E-state index contributed by atoms with van der Waals surface area (Å²) in [5, 5.41) is 2.67. The van der Waals surface area contributed by atoms with Crippen molar-refractivity contribution in [3.05, 3.63) is 88.9 Å². The molecule has 0 unspecified atom stereocenters. The van der Waals surface area contributed by atoms with E-state index in [1.54, 1.807) is 48.5 Å². The fraction of sp³-hybridized carbons (Fsp3) is 0.0476. The minimum Gasteiger partial charge on any atom is -0.457 e. The number of para-hydroxylation sites is 1. The monoisotopic (exact) mass is 425 g/mol. The van der Waals surface area contributed by atoms with E-state index in [2.05, 4.69) is 21.2 Å². The van der Waals surface area contributed by atoms with E-state index in [1.807, 2.05) is 30.3 Å². The highest BCUT2D eigenvalue weighted by Gasteiger charge is 2.10. The molecular weight excluding hydrogens is 410 g/mol. The second kappa shape index (κ2) is 9.00. The summed E-state index contributed by atoms with van der Waals surface area (Å²) in [4.78, 5) is 23.9. The Balaban J connectivity index is 1.50. The zero-order chi connectivity index (χ0) is 19.1. The van der Waals surface area contributed by atoms with Gasteiger partial charge in [0.1, 0.15) is 11.5 Å². The molecule has 0 aliphatic carbocycles. The molecule has 6 heteroatoms. The summed E-state index contributed by atoms with van der Waals surface area (Å²) < 4.78 is 11.5. The Kier molecular flexibility index (Phi) is 6.22.